The molecule has 2 rings (SSSR count). The van der Waals surface area contributed by atoms with Gasteiger partial charge in [-0.2, -0.15) is 0 Å². The topological polar surface area (TPSA) is 90.0 Å². The van der Waals surface area contributed by atoms with E-state index in [4.69, 9.17) is 5.11 Å². The molecule has 6 nitrogen and oxygen atoms in total. The van der Waals surface area contributed by atoms with Crippen molar-refractivity contribution in [3.05, 3.63) is 17.7 Å². The van der Waals surface area contributed by atoms with E-state index in [1.165, 1.54) is 0 Å². The van der Waals surface area contributed by atoms with E-state index in [1.54, 1.807) is 6.33 Å². The first-order valence-electron chi connectivity index (χ1n) is 6.40. The van der Waals surface area contributed by atoms with Crippen LogP contribution >= 0.6 is 0 Å². The van der Waals surface area contributed by atoms with Crippen molar-refractivity contribution in [2.45, 2.75) is 44.8 Å². The van der Waals surface area contributed by atoms with E-state index in [-0.39, 0.29) is 24.6 Å². The zero-order valence-corrected chi connectivity index (χ0v) is 10.6. The van der Waals surface area contributed by atoms with Gasteiger partial charge in [0.05, 0.1) is 23.8 Å². The van der Waals surface area contributed by atoms with Crippen LogP contribution in [0.25, 0.3) is 0 Å². The highest BCUT2D eigenvalue weighted by Crippen LogP contribution is 2.12. The van der Waals surface area contributed by atoms with Crippen LogP contribution in [0, 0.1) is 0 Å². The van der Waals surface area contributed by atoms with Crippen molar-refractivity contribution in [2.24, 2.45) is 0 Å². The van der Waals surface area contributed by atoms with Gasteiger partial charge in [-0.3, -0.25) is 10.1 Å². The van der Waals surface area contributed by atoms with Crippen molar-refractivity contribution in [3.63, 3.8) is 0 Å². The minimum absolute atomic E-state index is 0.0102. The summed E-state index contributed by atoms with van der Waals surface area (Å²) in [5, 5.41) is 15.1. The molecule has 4 N–H and O–H groups in total. The van der Waals surface area contributed by atoms with Crippen LogP contribution in [0.5, 0.6) is 0 Å². The second kappa shape index (κ2) is 5.97. The Morgan fingerprint density at radius 2 is 2.56 bits per heavy atom. The molecule has 6 heteroatoms. The van der Waals surface area contributed by atoms with Gasteiger partial charge in [-0.05, 0) is 12.8 Å². The molecule has 18 heavy (non-hydrogen) atoms. The second-order valence-corrected chi connectivity index (χ2v) is 4.59. The molecule has 1 amide bonds. The van der Waals surface area contributed by atoms with Gasteiger partial charge in [-0.15, -0.1) is 0 Å². The van der Waals surface area contributed by atoms with Crippen LogP contribution < -0.4 is 10.6 Å². The Balaban J connectivity index is 1.91. The quantitative estimate of drug-likeness (QED) is 0.579. The average molecular weight is 252 g/mol. The molecule has 0 spiro atoms. The minimum Gasteiger partial charge on any atom is -0.396 e. The van der Waals surface area contributed by atoms with Gasteiger partial charge in [0.2, 0.25) is 5.91 Å². The zero-order valence-electron chi connectivity index (χ0n) is 10.6. The molecule has 2 unspecified atom stereocenters. The number of aliphatic hydroxyl groups is 1. The summed E-state index contributed by atoms with van der Waals surface area (Å²) in [6, 6.07) is -0.182. The van der Waals surface area contributed by atoms with Gasteiger partial charge in [-0.1, -0.05) is 6.92 Å². The number of nitrogens with zero attached hydrogens (tertiary/aromatic N) is 1. The molecule has 0 saturated carbocycles. The summed E-state index contributed by atoms with van der Waals surface area (Å²) in [6.45, 7) is 2.74. The normalized spacial score (nSPS) is 20.2. The number of imidazole rings is 1. The van der Waals surface area contributed by atoms with Crippen molar-refractivity contribution in [3.8, 4) is 0 Å². The van der Waals surface area contributed by atoms with E-state index in [2.05, 4.69) is 20.6 Å². The lowest BCUT2D eigenvalue weighted by Crippen LogP contribution is -2.50. The summed E-state index contributed by atoms with van der Waals surface area (Å²) in [6.07, 6.45) is 3.70. The SMILES string of the molecule is CCC(CCO)NC(=O)C1Cc2nc[nH]c2CN1. The maximum absolute atomic E-state index is 12.1. The maximum Gasteiger partial charge on any atom is 0.237 e. The predicted molar refractivity (Wildman–Crippen MR) is 66.8 cm³/mol. The third kappa shape index (κ3) is 2.88. The number of rotatable bonds is 5. The highest BCUT2D eigenvalue weighted by Gasteiger charge is 2.26. The number of aromatic nitrogens is 2. The number of carbonyl (C=O) groups excluding carboxylic acids is 1. The lowest BCUT2D eigenvalue weighted by Gasteiger charge is -2.25. The first-order valence-corrected chi connectivity index (χ1v) is 6.40. The number of nitrogens with one attached hydrogen (secondary N) is 3. The first kappa shape index (κ1) is 13.0. The van der Waals surface area contributed by atoms with Crippen LogP contribution in [-0.4, -0.2) is 39.7 Å². The number of H-pyrrole nitrogens is 1. The Labute approximate surface area is 106 Å². The van der Waals surface area contributed by atoms with Gasteiger partial charge in [0.15, 0.2) is 0 Å². The molecular weight excluding hydrogens is 232 g/mol. The fraction of sp³-hybridized carbons (Fsp3) is 0.667. The van der Waals surface area contributed by atoms with E-state index in [9.17, 15) is 4.79 Å². The van der Waals surface area contributed by atoms with E-state index < -0.39 is 0 Å². The third-order valence-electron chi connectivity index (χ3n) is 3.36. The number of carbonyl (C=O) groups is 1. The second-order valence-electron chi connectivity index (χ2n) is 4.59. The number of fused-ring (bicyclic) bond motifs is 1. The monoisotopic (exact) mass is 252 g/mol. The van der Waals surface area contributed by atoms with E-state index in [1.807, 2.05) is 6.92 Å². The average Bonchev–Trinajstić information content (AvgIpc) is 2.85. The van der Waals surface area contributed by atoms with Gasteiger partial charge in [0.25, 0.3) is 0 Å². The van der Waals surface area contributed by atoms with Gasteiger partial charge in [-0.25, -0.2) is 4.98 Å². The number of aliphatic hydroxyl groups excluding tert-OH is 1. The first-order chi connectivity index (χ1) is 8.74. The molecular formula is C12H20N4O2. The minimum atomic E-state index is -0.228. The van der Waals surface area contributed by atoms with Crippen molar-refractivity contribution in [1.82, 2.24) is 20.6 Å². The fourth-order valence-electron chi connectivity index (χ4n) is 2.19. The van der Waals surface area contributed by atoms with Gasteiger partial charge in [0, 0.05) is 25.6 Å². The van der Waals surface area contributed by atoms with Gasteiger partial charge >= 0.3 is 0 Å². The summed E-state index contributed by atoms with van der Waals surface area (Å²) in [4.78, 5) is 19.3. The van der Waals surface area contributed by atoms with E-state index >= 15 is 0 Å². The van der Waals surface area contributed by atoms with Crippen LogP contribution in [-0.2, 0) is 17.8 Å². The van der Waals surface area contributed by atoms with Crippen LogP contribution in [0.15, 0.2) is 6.33 Å². The Kier molecular flexibility index (Phi) is 4.33. The highest BCUT2D eigenvalue weighted by atomic mass is 16.3. The summed E-state index contributed by atoms with van der Waals surface area (Å²) < 4.78 is 0. The fourth-order valence-corrected chi connectivity index (χ4v) is 2.19. The Morgan fingerprint density at radius 1 is 1.72 bits per heavy atom. The van der Waals surface area contributed by atoms with Crippen molar-refractivity contribution in [2.75, 3.05) is 6.61 Å². The summed E-state index contributed by atoms with van der Waals surface area (Å²) in [7, 11) is 0. The number of hydrogen-bond donors (Lipinski definition) is 4. The molecule has 0 aromatic carbocycles. The number of aromatic amines is 1. The van der Waals surface area contributed by atoms with Crippen molar-refractivity contribution >= 4 is 5.91 Å². The van der Waals surface area contributed by atoms with Crippen LogP contribution in [0.2, 0.25) is 0 Å². The molecule has 2 atom stereocenters. The molecule has 0 bridgehead atoms. The molecule has 2 heterocycles. The van der Waals surface area contributed by atoms with Gasteiger partial charge < -0.3 is 15.4 Å². The standard InChI is InChI=1S/C12H20N4O2/c1-2-8(3-4-17)16-12(18)10-5-9-11(6-13-10)15-7-14-9/h7-8,10,13,17H,2-6H2,1H3,(H,14,15)(H,16,18). The van der Waals surface area contributed by atoms with Crippen LogP contribution in [0.1, 0.15) is 31.2 Å². The zero-order chi connectivity index (χ0) is 13.0. The third-order valence-corrected chi connectivity index (χ3v) is 3.36. The number of hydrogen-bond acceptors (Lipinski definition) is 4. The molecule has 1 aliphatic heterocycles. The molecule has 0 saturated heterocycles. The summed E-state index contributed by atoms with van der Waals surface area (Å²) >= 11 is 0. The molecule has 1 aliphatic rings. The highest BCUT2D eigenvalue weighted by molar-refractivity contribution is 5.82. The molecule has 0 fully saturated rings. The van der Waals surface area contributed by atoms with E-state index in [0.29, 0.717) is 19.4 Å². The van der Waals surface area contributed by atoms with Crippen LogP contribution in [0.3, 0.4) is 0 Å². The lowest BCUT2D eigenvalue weighted by atomic mass is 10.0. The summed E-state index contributed by atoms with van der Waals surface area (Å²) in [5.74, 6) is -0.0102. The smallest absolute Gasteiger partial charge is 0.237 e. The lowest BCUT2D eigenvalue weighted by molar-refractivity contribution is -0.124. The van der Waals surface area contributed by atoms with Crippen molar-refractivity contribution in [1.29, 1.82) is 0 Å². The van der Waals surface area contributed by atoms with Gasteiger partial charge in [0.1, 0.15) is 0 Å². The Morgan fingerprint density at radius 3 is 3.28 bits per heavy atom. The maximum atomic E-state index is 12.1. The molecule has 1 aromatic rings. The van der Waals surface area contributed by atoms with Crippen molar-refractivity contribution < 1.29 is 9.90 Å². The van der Waals surface area contributed by atoms with Crippen LogP contribution in [0.4, 0.5) is 0 Å². The molecule has 1 aromatic heterocycles. The predicted octanol–water partition coefficient (Wildman–Crippen LogP) is -0.299. The molecule has 0 aliphatic carbocycles. The Hall–Kier alpha value is -1.40. The van der Waals surface area contributed by atoms with E-state index in [0.717, 1.165) is 17.8 Å². The number of amides is 1. The molecule has 0 radical (unpaired) electrons. The molecule has 100 valence electrons. The largest absolute Gasteiger partial charge is 0.396 e. The Bertz CT molecular complexity index is 405. The summed E-state index contributed by atoms with van der Waals surface area (Å²) in [5.41, 5.74) is 2.02.